The van der Waals surface area contributed by atoms with Gasteiger partial charge in [-0.3, -0.25) is 5.32 Å². The summed E-state index contributed by atoms with van der Waals surface area (Å²) >= 11 is 0. The van der Waals surface area contributed by atoms with Crippen LogP contribution >= 0.6 is 0 Å². The number of anilines is 2. The maximum atomic E-state index is 5.43. The molecule has 0 aliphatic heterocycles. The van der Waals surface area contributed by atoms with Crippen LogP contribution in [0.3, 0.4) is 0 Å². The van der Waals surface area contributed by atoms with Crippen LogP contribution in [0, 0.1) is 0 Å². The highest BCUT2D eigenvalue weighted by molar-refractivity contribution is 5.71. The van der Waals surface area contributed by atoms with Crippen molar-refractivity contribution < 1.29 is 4.74 Å². The van der Waals surface area contributed by atoms with Gasteiger partial charge in [0.05, 0.1) is 24.5 Å². The summed E-state index contributed by atoms with van der Waals surface area (Å²) in [5.41, 5.74) is 2.71. The molecule has 0 spiro atoms. The third kappa shape index (κ3) is 2.33. The molecule has 0 saturated carbocycles. The maximum absolute atomic E-state index is 5.43. The lowest BCUT2D eigenvalue weighted by Gasteiger charge is -2.08. The summed E-state index contributed by atoms with van der Waals surface area (Å²) in [5.74, 6) is 1.44. The van der Waals surface area contributed by atoms with Gasteiger partial charge in [0, 0.05) is 5.56 Å². The number of ether oxygens (including phenoxy) is 1. The minimum Gasteiger partial charge on any atom is -0.496 e. The number of aromatic amines is 1. The first kappa shape index (κ1) is 13.2. The van der Waals surface area contributed by atoms with Crippen LogP contribution in [-0.4, -0.2) is 42.3 Å². The van der Waals surface area contributed by atoms with Crippen LogP contribution in [0.1, 0.15) is 0 Å². The second kappa shape index (κ2) is 5.37. The van der Waals surface area contributed by atoms with E-state index in [0.29, 0.717) is 11.9 Å². The number of benzene rings is 1. The average Bonchev–Trinajstić information content (AvgIpc) is 3.24. The summed E-state index contributed by atoms with van der Waals surface area (Å²) in [6, 6.07) is 11.7. The van der Waals surface area contributed by atoms with Crippen molar-refractivity contribution in [3.8, 4) is 17.0 Å². The molecule has 0 amide bonds. The van der Waals surface area contributed by atoms with Gasteiger partial charge >= 0.3 is 0 Å². The molecule has 0 atom stereocenters. The average molecular weight is 308 g/mol. The Balaban J connectivity index is 1.81. The van der Waals surface area contributed by atoms with Gasteiger partial charge in [0.1, 0.15) is 5.75 Å². The van der Waals surface area contributed by atoms with Crippen LogP contribution in [0.15, 0.2) is 42.6 Å². The van der Waals surface area contributed by atoms with Crippen molar-refractivity contribution in [2.24, 2.45) is 0 Å². The molecular formula is C14H12N8O. The molecule has 23 heavy (non-hydrogen) atoms. The zero-order valence-corrected chi connectivity index (χ0v) is 12.1. The number of nitrogens with zero attached hydrogens (tertiary/aromatic N) is 6. The molecule has 114 valence electrons. The summed E-state index contributed by atoms with van der Waals surface area (Å²) in [5, 5.41) is 20.8. The first-order chi connectivity index (χ1) is 11.3. The summed E-state index contributed by atoms with van der Waals surface area (Å²) < 4.78 is 7.21. The van der Waals surface area contributed by atoms with E-state index in [1.54, 1.807) is 17.8 Å². The number of aromatic nitrogens is 7. The van der Waals surface area contributed by atoms with Crippen molar-refractivity contribution in [3.63, 3.8) is 0 Å². The molecular weight excluding hydrogens is 296 g/mol. The highest BCUT2D eigenvalue weighted by Gasteiger charge is 2.12. The fraction of sp³-hybridized carbons (Fsp3) is 0.0714. The molecule has 4 aromatic rings. The number of H-pyrrole nitrogens is 1. The number of nitrogens with one attached hydrogen (secondary N) is 2. The topological polar surface area (TPSA) is 106 Å². The van der Waals surface area contributed by atoms with Crippen LogP contribution in [-0.2, 0) is 0 Å². The quantitative estimate of drug-likeness (QED) is 0.590. The molecule has 9 heteroatoms. The molecule has 2 N–H and O–H groups in total. The highest BCUT2D eigenvalue weighted by atomic mass is 16.5. The van der Waals surface area contributed by atoms with E-state index in [9.17, 15) is 0 Å². The normalized spacial score (nSPS) is 10.8. The van der Waals surface area contributed by atoms with E-state index in [-0.39, 0.29) is 0 Å². The van der Waals surface area contributed by atoms with E-state index in [4.69, 9.17) is 4.74 Å². The molecule has 0 radical (unpaired) electrons. The van der Waals surface area contributed by atoms with E-state index >= 15 is 0 Å². The Morgan fingerprint density at radius 1 is 1.13 bits per heavy atom. The lowest BCUT2D eigenvalue weighted by atomic mass is 10.1. The molecule has 1 aromatic carbocycles. The zero-order chi connectivity index (χ0) is 15.6. The molecule has 3 heterocycles. The van der Waals surface area contributed by atoms with Crippen LogP contribution < -0.4 is 10.1 Å². The molecule has 0 fully saturated rings. The predicted molar refractivity (Wildman–Crippen MR) is 82.4 cm³/mol. The van der Waals surface area contributed by atoms with Crippen LogP contribution in [0.25, 0.3) is 16.8 Å². The fourth-order valence-electron chi connectivity index (χ4n) is 2.33. The minimum atomic E-state index is 0.301. The van der Waals surface area contributed by atoms with Crippen molar-refractivity contribution in [2.45, 2.75) is 0 Å². The van der Waals surface area contributed by atoms with Gasteiger partial charge in [0.2, 0.25) is 5.95 Å². The minimum absolute atomic E-state index is 0.301. The molecule has 0 aliphatic carbocycles. The van der Waals surface area contributed by atoms with Crippen LogP contribution in [0.2, 0.25) is 0 Å². The number of fused-ring (bicyclic) bond motifs is 1. The molecule has 0 saturated heterocycles. The summed E-state index contributed by atoms with van der Waals surface area (Å²) in [4.78, 5) is 4.24. The smallest absolute Gasteiger partial charge is 0.269 e. The van der Waals surface area contributed by atoms with Crippen molar-refractivity contribution in [1.29, 1.82) is 0 Å². The molecule has 3 aromatic heterocycles. The number of tetrazole rings is 1. The second-order valence-corrected chi connectivity index (χ2v) is 4.70. The third-order valence-electron chi connectivity index (χ3n) is 3.35. The van der Waals surface area contributed by atoms with Crippen molar-refractivity contribution in [3.05, 3.63) is 42.6 Å². The van der Waals surface area contributed by atoms with E-state index in [0.717, 1.165) is 22.5 Å². The Kier molecular flexibility index (Phi) is 3.08. The summed E-state index contributed by atoms with van der Waals surface area (Å²) in [6.07, 6.45) is 1.72. The fourth-order valence-corrected chi connectivity index (χ4v) is 2.33. The zero-order valence-electron chi connectivity index (χ0n) is 12.1. The molecule has 9 nitrogen and oxygen atoms in total. The van der Waals surface area contributed by atoms with E-state index < -0.39 is 0 Å². The highest BCUT2D eigenvalue weighted by Crippen LogP contribution is 2.30. The monoisotopic (exact) mass is 308 g/mol. The van der Waals surface area contributed by atoms with Crippen LogP contribution in [0.4, 0.5) is 11.9 Å². The Morgan fingerprint density at radius 3 is 2.87 bits per heavy atom. The Bertz CT molecular complexity index is 946. The largest absolute Gasteiger partial charge is 0.496 e. The lowest BCUT2D eigenvalue weighted by molar-refractivity contribution is 0.416. The van der Waals surface area contributed by atoms with Gasteiger partial charge in [-0.05, 0) is 29.5 Å². The summed E-state index contributed by atoms with van der Waals surface area (Å²) in [7, 11) is 1.65. The van der Waals surface area contributed by atoms with E-state index in [2.05, 4.69) is 36.0 Å². The van der Waals surface area contributed by atoms with E-state index in [1.807, 2.05) is 36.4 Å². The van der Waals surface area contributed by atoms with Gasteiger partial charge in [-0.15, -0.1) is 10.2 Å². The van der Waals surface area contributed by atoms with Gasteiger partial charge in [0.15, 0.2) is 0 Å². The molecule has 0 aliphatic rings. The standard InChI is InChI=1S/C14H12N8O/c1-23-12-5-3-2-4-10(12)11-7-6-9-8-15-13(19-22(9)11)16-14-17-20-21-18-14/h2-8H,1H3,(H2,16,17,18,19,20,21). The van der Waals surface area contributed by atoms with E-state index in [1.165, 1.54) is 0 Å². The summed E-state index contributed by atoms with van der Waals surface area (Å²) in [6.45, 7) is 0. The van der Waals surface area contributed by atoms with Crippen molar-refractivity contribution >= 4 is 17.4 Å². The first-order valence-electron chi connectivity index (χ1n) is 6.84. The maximum Gasteiger partial charge on any atom is 0.269 e. The number of methoxy groups -OCH3 is 1. The van der Waals surface area contributed by atoms with Crippen LogP contribution in [0.5, 0.6) is 5.75 Å². The van der Waals surface area contributed by atoms with Gasteiger partial charge in [-0.2, -0.15) is 5.21 Å². The molecule has 0 bridgehead atoms. The molecule has 0 unspecified atom stereocenters. The van der Waals surface area contributed by atoms with Crippen molar-refractivity contribution in [2.75, 3.05) is 12.4 Å². The Morgan fingerprint density at radius 2 is 2.04 bits per heavy atom. The van der Waals surface area contributed by atoms with Gasteiger partial charge < -0.3 is 4.74 Å². The Hall–Kier alpha value is -3.49. The predicted octanol–water partition coefficient (Wildman–Crippen LogP) is 1.66. The second-order valence-electron chi connectivity index (χ2n) is 4.70. The first-order valence-corrected chi connectivity index (χ1v) is 6.84. The van der Waals surface area contributed by atoms with Gasteiger partial charge in [-0.1, -0.05) is 17.2 Å². The third-order valence-corrected chi connectivity index (χ3v) is 3.35. The number of hydrogen-bond donors (Lipinski definition) is 2. The molecule has 4 rings (SSSR count). The Labute approximate surface area is 130 Å². The number of para-hydroxylation sites is 1. The van der Waals surface area contributed by atoms with Gasteiger partial charge in [-0.25, -0.2) is 9.50 Å². The lowest BCUT2D eigenvalue weighted by Crippen LogP contribution is -2.04. The number of hydrogen-bond acceptors (Lipinski definition) is 7. The van der Waals surface area contributed by atoms with Crippen molar-refractivity contribution in [1.82, 2.24) is 35.2 Å². The van der Waals surface area contributed by atoms with Gasteiger partial charge in [0.25, 0.3) is 5.95 Å². The number of rotatable bonds is 4. The SMILES string of the molecule is COc1ccccc1-c1ccc2cnc(Nc3nn[nH]n3)nn12.